The van der Waals surface area contributed by atoms with Crippen LogP contribution in [0.2, 0.25) is 0 Å². The van der Waals surface area contributed by atoms with Crippen LogP contribution in [0.25, 0.3) is 0 Å². The van der Waals surface area contributed by atoms with Crippen molar-refractivity contribution >= 4 is 5.96 Å². The molecule has 3 rings (SSSR count). The minimum Gasteiger partial charge on any atom is -0.496 e. The van der Waals surface area contributed by atoms with E-state index >= 15 is 0 Å². The van der Waals surface area contributed by atoms with E-state index in [9.17, 15) is 0 Å². The summed E-state index contributed by atoms with van der Waals surface area (Å²) < 4.78 is 5.67. The fourth-order valence-corrected chi connectivity index (χ4v) is 4.61. The van der Waals surface area contributed by atoms with Crippen LogP contribution in [0.4, 0.5) is 0 Å². The van der Waals surface area contributed by atoms with Crippen molar-refractivity contribution in [2.75, 3.05) is 60.0 Å². The number of rotatable bonds is 8. The molecule has 0 amide bonds. The highest BCUT2D eigenvalue weighted by Gasteiger charge is 2.26. The molecule has 162 valence electrons. The first-order valence-electron chi connectivity index (χ1n) is 11.3. The van der Waals surface area contributed by atoms with Crippen molar-refractivity contribution in [1.29, 1.82) is 0 Å². The third-order valence-electron chi connectivity index (χ3n) is 6.13. The first kappa shape index (κ1) is 21.9. The molecule has 29 heavy (non-hydrogen) atoms. The summed E-state index contributed by atoms with van der Waals surface area (Å²) in [5, 5.41) is 7.03. The van der Waals surface area contributed by atoms with E-state index in [2.05, 4.69) is 52.6 Å². The number of methoxy groups -OCH3 is 1. The van der Waals surface area contributed by atoms with Crippen molar-refractivity contribution < 1.29 is 4.74 Å². The van der Waals surface area contributed by atoms with Crippen molar-refractivity contribution in [3.8, 4) is 5.75 Å². The summed E-state index contributed by atoms with van der Waals surface area (Å²) in [4.78, 5) is 9.99. The Morgan fingerprint density at radius 3 is 2.69 bits per heavy atom. The molecule has 2 N–H and O–H groups in total. The predicted octanol–water partition coefficient (Wildman–Crippen LogP) is 2.73. The van der Waals surface area contributed by atoms with E-state index in [-0.39, 0.29) is 6.04 Å². The molecule has 6 heteroatoms. The minimum absolute atomic E-state index is 0.255. The first-order valence-corrected chi connectivity index (χ1v) is 11.3. The quantitative estimate of drug-likeness (QED) is 0.518. The van der Waals surface area contributed by atoms with Gasteiger partial charge in [0.2, 0.25) is 0 Å². The smallest absolute Gasteiger partial charge is 0.191 e. The van der Waals surface area contributed by atoms with Crippen LogP contribution >= 0.6 is 0 Å². The van der Waals surface area contributed by atoms with E-state index in [1.54, 1.807) is 7.11 Å². The first-order chi connectivity index (χ1) is 14.2. The summed E-state index contributed by atoms with van der Waals surface area (Å²) in [5.74, 6) is 2.59. The van der Waals surface area contributed by atoms with Crippen LogP contribution in [-0.2, 0) is 0 Å². The molecule has 6 nitrogen and oxygen atoms in total. The lowest BCUT2D eigenvalue weighted by molar-refractivity contribution is 0.210. The van der Waals surface area contributed by atoms with Gasteiger partial charge in [-0.2, -0.15) is 0 Å². The van der Waals surface area contributed by atoms with Gasteiger partial charge in [-0.25, -0.2) is 0 Å². The van der Waals surface area contributed by atoms with Crippen molar-refractivity contribution in [3.63, 3.8) is 0 Å². The Bertz CT molecular complexity index is 644. The fourth-order valence-electron chi connectivity index (χ4n) is 4.61. The van der Waals surface area contributed by atoms with Crippen LogP contribution < -0.4 is 15.4 Å². The maximum Gasteiger partial charge on any atom is 0.191 e. The van der Waals surface area contributed by atoms with Gasteiger partial charge in [-0.05, 0) is 71.3 Å². The number of nitrogens with one attached hydrogen (secondary N) is 2. The van der Waals surface area contributed by atoms with Gasteiger partial charge in [0.05, 0.1) is 19.7 Å². The second kappa shape index (κ2) is 11.4. The van der Waals surface area contributed by atoms with Gasteiger partial charge in [0.25, 0.3) is 0 Å². The summed E-state index contributed by atoms with van der Waals surface area (Å²) >= 11 is 0. The molecule has 2 saturated heterocycles. The fraction of sp³-hybridized carbons (Fsp3) is 0.696. The van der Waals surface area contributed by atoms with Crippen LogP contribution in [0, 0.1) is 5.92 Å². The van der Waals surface area contributed by atoms with E-state index in [1.807, 2.05) is 6.07 Å². The Morgan fingerprint density at radius 2 is 1.97 bits per heavy atom. The second-order valence-electron chi connectivity index (χ2n) is 8.37. The molecule has 2 fully saturated rings. The zero-order valence-electron chi connectivity index (χ0n) is 18.5. The molecule has 1 aromatic carbocycles. The normalized spacial score (nSPS) is 22.4. The second-order valence-corrected chi connectivity index (χ2v) is 8.37. The van der Waals surface area contributed by atoms with Crippen LogP contribution in [0.5, 0.6) is 5.75 Å². The maximum absolute atomic E-state index is 5.67. The van der Waals surface area contributed by atoms with Crippen molar-refractivity contribution in [2.24, 2.45) is 10.9 Å². The molecule has 2 aliphatic rings. The number of guanidine groups is 1. The van der Waals surface area contributed by atoms with E-state index in [0.717, 1.165) is 44.4 Å². The molecule has 0 aromatic heterocycles. The number of likely N-dealkylation sites (tertiary alicyclic amines) is 2. The Kier molecular flexibility index (Phi) is 8.62. The van der Waals surface area contributed by atoms with Gasteiger partial charge < -0.3 is 20.3 Å². The van der Waals surface area contributed by atoms with E-state index in [4.69, 9.17) is 9.73 Å². The van der Waals surface area contributed by atoms with Crippen molar-refractivity contribution in [3.05, 3.63) is 29.8 Å². The standard InChI is InChI=1S/C23H39N5O/c1-4-24-23(25-16-19-10-9-13-27(2)18-19)26-17-21(28-14-7-8-15-28)20-11-5-6-12-22(20)29-3/h5-6,11-12,19,21H,4,7-10,13-18H2,1-3H3,(H2,24,25,26). The lowest BCUT2D eigenvalue weighted by Crippen LogP contribution is -2.44. The number of para-hydroxylation sites is 1. The topological polar surface area (TPSA) is 52.1 Å². The number of ether oxygens (including phenoxy) is 1. The van der Waals surface area contributed by atoms with Crippen LogP contribution in [0.3, 0.4) is 0 Å². The van der Waals surface area contributed by atoms with E-state index in [0.29, 0.717) is 5.92 Å². The van der Waals surface area contributed by atoms with E-state index in [1.165, 1.54) is 44.3 Å². The summed E-state index contributed by atoms with van der Waals surface area (Å²) in [6.45, 7) is 9.39. The Balaban J connectivity index is 1.69. The van der Waals surface area contributed by atoms with Crippen LogP contribution in [-0.4, -0.2) is 75.7 Å². The molecule has 2 atom stereocenters. The van der Waals surface area contributed by atoms with E-state index < -0.39 is 0 Å². The summed E-state index contributed by atoms with van der Waals surface area (Å²) in [7, 11) is 3.98. The monoisotopic (exact) mass is 401 g/mol. The number of hydrogen-bond donors (Lipinski definition) is 2. The molecule has 0 radical (unpaired) electrons. The maximum atomic E-state index is 5.67. The molecule has 2 unspecified atom stereocenters. The molecule has 0 aliphatic carbocycles. The third-order valence-corrected chi connectivity index (χ3v) is 6.13. The number of aliphatic imine (C=N–C) groups is 1. The lowest BCUT2D eigenvalue weighted by Gasteiger charge is -2.30. The van der Waals surface area contributed by atoms with Gasteiger partial charge in [-0.1, -0.05) is 18.2 Å². The predicted molar refractivity (Wildman–Crippen MR) is 121 cm³/mol. The average molecular weight is 402 g/mol. The van der Waals surface area contributed by atoms with Crippen LogP contribution in [0.15, 0.2) is 29.3 Å². The molecule has 2 heterocycles. The van der Waals surface area contributed by atoms with Crippen molar-refractivity contribution in [2.45, 2.75) is 38.6 Å². The van der Waals surface area contributed by atoms with Gasteiger partial charge in [0.1, 0.15) is 5.75 Å². The van der Waals surface area contributed by atoms with Gasteiger partial charge >= 0.3 is 0 Å². The molecule has 1 aromatic rings. The highest BCUT2D eigenvalue weighted by atomic mass is 16.5. The molecule has 0 saturated carbocycles. The average Bonchev–Trinajstić information content (AvgIpc) is 3.27. The Hall–Kier alpha value is -1.79. The molecule has 2 aliphatic heterocycles. The Morgan fingerprint density at radius 1 is 1.17 bits per heavy atom. The summed E-state index contributed by atoms with van der Waals surface area (Å²) in [5.41, 5.74) is 1.24. The van der Waals surface area contributed by atoms with Gasteiger partial charge in [0.15, 0.2) is 5.96 Å². The van der Waals surface area contributed by atoms with Gasteiger partial charge in [0, 0.05) is 25.2 Å². The third kappa shape index (κ3) is 6.34. The molecule has 0 bridgehead atoms. The van der Waals surface area contributed by atoms with Crippen molar-refractivity contribution in [1.82, 2.24) is 20.4 Å². The number of piperidine rings is 1. The largest absolute Gasteiger partial charge is 0.496 e. The minimum atomic E-state index is 0.255. The molecule has 0 spiro atoms. The zero-order valence-corrected chi connectivity index (χ0v) is 18.5. The van der Waals surface area contributed by atoms with Gasteiger partial charge in [-0.3, -0.25) is 9.89 Å². The van der Waals surface area contributed by atoms with Gasteiger partial charge in [-0.15, -0.1) is 0 Å². The molecular weight excluding hydrogens is 362 g/mol. The zero-order chi connectivity index (χ0) is 20.5. The molecular formula is C23H39N5O. The number of hydrogen-bond acceptors (Lipinski definition) is 4. The number of benzene rings is 1. The highest BCUT2D eigenvalue weighted by Crippen LogP contribution is 2.31. The summed E-state index contributed by atoms with van der Waals surface area (Å²) in [6, 6.07) is 8.65. The number of nitrogens with zero attached hydrogens (tertiary/aromatic N) is 3. The summed E-state index contributed by atoms with van der Waals surface area (Å²) in [6.07, 6.45) is 5.13. The highest BCUT2D eigenvalue weighted by molar-refractivity contribution is 5.79. The Labute approximate surface area is 176 Å². The lowest BCUT2D eigenvalue weighted by atomic mass is 9.99. The SMILES string of the molecule is CCNC(=NCC(c1ccccc1OC)N1CCCC1)NCC1CCCN(C)C1. The van der Waals surface area contributed by atoms with Crippen LogP contribution in [0.1, 0.15) is 44.2 Å².